The van der Waals surface area contributed by atoms with Crippen LogP contribution in [0.15, 0.2) is 12.4 Å². The molecule has 0 spiro atoms. The molecule has 4 nitrogen and oxygen atoms in total. The van der Waals surface area contributed by atoms with Crippen molar-refractivity contribution in [2.45, 2.75) is 79.1 Å². The van der Waals surface area contributed by atoms with Gasteiger partial charge in [-0.05, 0) is 50.2 Å². The fraction of sp³-hybridized carbons (Fsp3) is 0.619. The van der Waals surface area contributed by atoms with E-state index in [9.17, 15) is 4.79 Å². The van der Waals surface area contributed by atoms with Crippen molar-refractivity contribution < 1.29 is 4.79 Å². The summed E-state index contributed by atoms with van der Waals surface area (Å²) in [6.07, 6.45) is 10.7. The summed E-state index contributed by atoms with van der Waals surface area (Å²) in [6.45, 7) is 10.2. The van der Waals surface area contributed by atoms with Gasteiger partial charge in [0.25, 0.3) is 0 Å². The second-order valence-electron chi connectivity index (χ2n) is 6.96. The van der Waals surface area contributed by atoms with Crippen LogP contribution in [0.4, 0.5) is 5.69 Å². The zero-order chi connectivity index (χ0) is 19.0. The monoisotopic (exact) mass is 345 g/mol. The summed E-state index contributed by atoms with van der Waals surface area (Å²) >= 11 is 0. The van der Waals surface area contributed by atoms with Crippen LogP contribution in [0, 0.1) is 6.92 Å². The van der Waals surface area contributed by atoms with Gasteiger partial charge in [0.2, 0.25) is 0 Å². The van der Waals surface area contributed by atoms with Gasteiger partial charge in [-0.15, -0.1) is 0 Å². The van der Waals surface area contributed by atoms with Gasteiger partial charge in [-0.25, -0.2) is 4.98 Å². The van der Waals surface area contributed by atoms with Gasteiger partial charge in [-0.3, -0.25) is 0 Å². The van der Waals surface area contributed by atoms with Gasteiger partial charge in [0.05, 0.1) is 11.9 Å². The number of carbonyl (C=O) groups excluding carboxylic acids is 1. The highest BCUT2D eigenvalue weighted by atomic mass is 16.1. The normalized spacial score (nSPS) is 10.8. The van der Waals surface area contributed by atoms with Crippen LogP contribution in [0.5, 0.6) is 0 Å². The molecule has 0 unspecified atom stereocenters. The van der Waals surface area contributed by atoms with Gasteiger partial charge in [-0.1, -0.05) is 33.6 Å². The fourth-order valence-corrected chi connectivity index (χ4v) is 3.37. The highest BCUT2D eigenvalue weighted by molar-refractivity contribution is 5.88. The lowest BCUT2D eigenvalue weighted by Crippen LogP contribution is -1.99. The van der Waals surface area contributed by atoms with E-state index < -0.39 is 0 Å². The van der Waals surface area contributed by atoms with E-state index in [1.165, 1.54) is 42.2 Å². The number of Topliss-reactive ketones (excluding diaryl/α,β-unsaturated/α-hetero) is 1. The maximum atomic E-state index is 10.0. The number of ketones is 1. The molecular weight excluding hydrogens is 310 g/mol. The highest BCUT2D eigenvalue weighted by Gasteiger charge is 2.19. The molecule has 0 bridgehead atoms. The SMILES string of the molecule is CCCC(C)=O.CCCC(CCC)c1cn(C)c2ncc(N)c(C)c12. The number of fused-ring (bicyclic) bond motifs is 1. The van der Waals surface area contributed by atoms with Gasteiger partial charge in [0.15, 0.2) is 0 Å². The van der Waals surface area contributed by atoms with Crippen molar-refractivity contribution >= 4 is 22.5 Å². The fourth-order valence-electron chi connectivity index (χ4n) is 3.37. The Morgan fingerprint density at radius 3 is 2.24 bits per heavy atom. The number of aryl methyl sites for hydroxylation is 2. The predicted molar refractivity (Wildman–Crippen MR) is 108 cm³/mol. The summed E-state index contributed by atoms with van der Waals surface area (Å²) in [5.41, 5.74) is 10.5. The summed E-state index contributed by atoms with van der Waals surface area (Å²) in [5, 5.41) is 1.27. The first-order chi connectivity index (χ1) is 11.9. The van der Waals surface area contributed by atoms with E-state index >= 15 is 0 Å². The Hall–Kier alpha value is -1.84. The quantitative estimate of drug-likeness (QED) is 0.718. The minimum Gasteiger partial charge on any atom is -0.397 e. The van der Waals surface area contributed by atoms with Crippen LogP contribution in [0.25, 0.3) is 11.0 Å². The third-order valence-corrected chi connectivity index (χ3v) is 4.63. The van der Waals surface area contributed by atoms with Crippen LogP contribution in [0.3, 0.4) is 0 Å². The number of aromatic nitrogens is 2. The van der Waals surface area contributed by atoms with E-state index in [1.54, 1.807) is 13.1 Å². The van der Waals surface area contributed by atoms with Crippen LogP contribution in [0.1, 0.15) is 83.3 Å². The number of pyridine rings is 1. The van der Waals surface area contributed by atoms with Crippen LogP contribution < -0.4 is 5.73 Å². The Bertz CT molecular complexity index is 682. The molecule has 0 saturated carbocycles. The summed E-state index contributed by atoms with van der Waals surface area (Å²) in [7, 11) is 2.07. The zero-order valence-electron chi connectivity index (χ0n) is 16.9. The van der Waals surface area contributed by atoms with Gasteiger partial charge in [0.1, 0.15) is 11.4 Å². The Morgan fingerprint density at radius 2 is 1.80 bits per heavy atom. The number of hydrogen-bond acceptors (Lipinski definition) is 3. The molecule has 4 heteroatoms. The maximum Gasteiger partial charge on any atom is 0.140 e. The molecule has 140 valence electrons. The standard InChI is InChI=1S/C16H25N3.C5H10O/c1-5-7-12(8-6-2)13-10-19(4)16-15(13)11(3)14(17)9-18-16;1-3-4-5(2)6/h9-10,12H,5-8,17H2,1-4H3;3-4H2,1-2H3. The lowest BCUT2D eigenvalue weighted by atomic mass is 9.89. The zero-order valence-corrected chi connectivity index (χ0v) is 16.9. The molecule has 2 aromatic heterocycles. The maximum absolute atomic E-state index is 10.0. The van der Waals surface area contributed by atoms with Crippen LogP contribution in [-0.4, -0.2) is 15.3 Å². The van der Waals surface area contributed by atoms with Crippen molar-refractivity contribution in [2.24, 2.45) is 7.05 Å². The van der Waals surface area contributed by atoms with Crippen molar-refractivity contribution in [2.75, 3.05) is 5.73 Å². The molecule has 0 amide bonds. The van der Waals surface area contributed by atoms with E-state index in [-0.39, 0.29) is 5.78 Å². The second-order valence-corrected chi connectivity index (χ2v) is 6.96. The number of hydrogen-bond donors (Lipinski definition) is 1. The number of carbonyl (C=O) groups is 1. The van der Waals surface area contributed by atoms with Crippen LogP contribution >= 0.6 is 0 Å². The largest absolute Gasteiger partial charge is 0.397 e. The molecule has 0 atom stereocenters. The van der Waals surface area contributed by atoms with Gasteiger partial charge < -0.3 is 15.1 Å². The number of anilines is 1. The van der Waals surface area contributed by atoms with E-state index in [1.807, 2.05) is 6.92 Å². The Kier molecular flexibility index (Phi) is 8.67. The lowest BCUT2D eigenvalue weighted by Gasteiger charge is -2.15. The number of rotatable bonds is 7. The topological polar surface area (TPSA) is 60.9 Å². The van der Waals surface area contributed by atoms with E-state index in [0.717, 1.165) is 24.2 Å². The van der Waals surface area contributed by atoms with Crippen LogP contribution in [0.2, 0.25) is 0 Å². The molecule has 25 heavy (non-hydrogen) atoms. The summed E-state index contributed by atoms with van der Waals surface area (Å²) < 4.78 is 2.13. The molecule has 0 radical (unpaired) electrons. The Morgan fingerprint density at radius 1 is 1.20 bits per heavy atom. The molecule has 0 fully saturated rings. The molecule has 2 heterocycles. The van der Waals surface area contributed by atoms with Gasteiger partial charge in [-0.2, -0.15) is 0 Å². The van der Waals surface area contributed by atoms with Crippen molar-refractivity contribution in [1.82, 2.24) is 9.55 Å². The van der Waals surface area contributed by atoms with Crippen molar-refractivity contribution in [3.05, 3.63) is 23.5 Å². The minimum absolute atomic E-state index is 0.289. The number of nitrogens with zero attached hydrogens (tertiary/aromatic N) is 2. The first-order valence-corrected chi connectivity index (χ1v) is 9.56. The Balaban J connectivity index is 0.000000450. The van der Waals surface area contributed by atoms with Crippen molar-refractivity contribution in [3.8, 4) is 0 Å². The molecule has 0 saturated heterocycles. The average molecular weight is 346 g/mol. The summed E-state index contributed by atoms with van der Waals surface area (Å²) in [6, 6.07) is 0. The molecule has 2 rings (SSSR count). The summed E-state index contributed by atoms with van der Waals surface area (Å²) in [5.74, 6) is 0.915. The molecule has 0 aromatic carbocycles. The first-order valence-electron chi connectivity index (χ1n) is 9.56. The number of nitrogen functional groups attached to an aromatic ring is 1. The molecule has 0 aliphatic carbocycles. The average Bonchev–Trinajstić information content (AvgIpc) is 2.88. The first kappa shape index (κ1) is 21.2. The highest BCUT2D eigenvalue weighted by Crippen LogP contribution is 2.35. The molecule has 2 N–H and O–H groups in total. The third kappa shape index (κ3) is 5.58. The van der Waals surface area contributed by atoms with E-state index in [4.69, 9.17) is 5.73 Å². The van der Waals surface area contributed by atoms with Gasteiger partial charge >= 0.3 is 0 Å². The van der Waals surface area contributed by atoms with Crippen molar-refractivity contribution in [3.63, 3.8) is 0 Å². The summed E-state index contributed by atoms with van der Waals surface area (Å²) in [4.78, 5) is 14.5. The number of nitrogens with two attached hydrogens (primary N) is 1. The molecular formula is C21H35N3O. The second kappa shape index (κ2) is 10.2. The third-order valence-electron chi connectivity index (χ3n) is 4.63. The van der Waals surface area contributed by atoms with E-state index in [0.29, 0.717) is 5.92 Å². The van der Waals surface area contributed by atoms with E-state index in [2.05, 4.69) is 43.6 Å². The molecule has 2 aromatic rings. The molecule has 0 aliphatic rings. The molecule has 0 aliphatic heterocycles. The lowest BCUT2D eigenvalue weighted by molar-refractivity contribution is -0.117. The van der Waals surface area contributed by atoms with Crippen LogP contribution in [-0.2, 0) is 11.8 Å². The Labute approximate surface area is 152 Å². The van der Waals surface area contributed by atoms with Crippen molar-refractivity contribution in [1.29, 1.82) is 0 Å². The smallest absolute Gasteiger partial charge is 0.140 e. The van der Waals surface area contributed by atoms with Gasteiger partial charge in [0, 0.05) is 25.1 Å². The predicted octanol–water partition coefficient (Wildman–Crippen LogP) is 5.52. The minimum atomic E-state index is 0.289.